The van der Waals surface area contributed by atoms with Crippen LogP contribution in [0, 0.1) is 5.92 Å². The highest BCUT2D eigenvalue weighted by molar-refractivity contribution is 7.93. The van der Waals surface area contributed by atoms with Crippen LogP contribution in [0.1, 0.15) is 32.1 Å². The summed E-state index contributed by atoms with van der Waals surface area (Å²) >= 11 is 0. The zero-order valence-corrected chi connectivity index (χ0v) is 26.3. The van der Waals surface area contributed by atoms with Gasteiger partial charge in [0.1, 0.15) is 11.5 Å². The average molecular weight is 724 g/mol. The molecule has 13 nitrogen and oxygen atoms in total. The van der Waals surface area contributed by atoms with Crippen molar-refractivity contribution in [3.8, 4) is 22.9 Å². The van der Waals surface area contributed by atoms with Crippen LogP contribution in [0.5, 0.6) is 11.5 Å². The minimum atomic E-state index is -5.08. The molecule has 1 saturated heterocycles. The smallest absolute Gasteiger partial charge is 0.494 e. The Morgan fingerprint density at radius 2 is 1.49 bits per heavy atom. The first kappa shape index (κ1) is 37.4. The molecule has 0 bridgehead atoms. The number of hydrogen-bond acceptors (Lipinski definition) is 10. The quantitative estimate of drug-likeness (QED) is 0.199. The van der Waals surface area contributed by atoms with Crippen molar-refractivity contribution in [1.29, 1.82) is 0 Å². The maximum Gasteiger partial charge on any atom is 0.573 e. The van der Waals surface area contributed by atoms with E-state index in [-0.39, 0.29) is 35.9 Å². The molecule has 5 rings (SSSR count). The van der Waals surface area contributed by atoms with Gasteiger partial charge in [-0.05, 0) is 85.3 Å². The summed E-state index contributed by atoms with van der Waals surface area (Å²) in [7, 11) is -4.13. The molecule has 0 spiro atoms. The molecule has 2 aliphatic rings. The van der Waals surface area contributed by atoms with E-state index in [2.05, 4.69) is 25.0 Å². The summed E-state index contributed by atoms with van der Waals surface area (Å²) in [5, 5.41) is 29.2. The molecule has 2 fully saturated rings. The van der Waals surface area contributed by atoms with Gasteiger partial charge < -0.3 is 24.6 Å². The van der Waals surface area contributed by atoms with Gasteiger partial charge in [-0.15, -0.1) is 23.4 Å². The summed E-state index contributed by atoms with van der Waals surface area (Å²) in [4.78, 5) is 24.6. The van der Waals surface area contributed by atoms with Crippen LogP contribution in [-0.2, 0) is 26.0 Å². The highest BCUT2D eigenvalue weighted by Gasteiger charge is 2.53. The van der Waals surface area contributed by atoms with Gasteiger partial charge in [0.25, 0.3) is 0 Å². The van der Waals surface area contributed by atoms with E-state index in [1.165, 1.54) is 54.0 Å². The molecule has 1 aromatic heterocycles. The van der Waals surface area contributed by atoms with Gasteiger partial charge in [-0.1, -0.05) is 0 Å². The fourth-order valence-corrected chi connectivity index (χ4v) is 6.85. The predicted molar refractivity (Wildman–Crippen MR) is 156 cm³/mol. The Hall–Kier alpha value is -4.46. The fourth-order valence-electron chi connectivity index (χ4n) is 4.96. The van der Waals surface area contributed by atoms with Crippen molar-refractivity contribution in [2.45, 2.75) is 60.8 Å². The SMILES string of the molecule is O=C(O)C(F)(F)F.O=C(O)C1(S(=O)(=O)c2ccc(OCCCn3nnc(-c4ccc(OC(F)(F)F)cc4)n3)cc2)CCN(CC2CC2)CC1. The molecule has 0 radical (unpaired) electrons. The number of ether oxygens (including phenoxy) is 2. The molecule has 268 valence electrons. The van der Waals surface area contributed by atoms with Crippen molar-refractivity contribution in [2.24, 2.45) is 5.92 Å². The number of carbonyl (C=O) groups is 2. The van der Waals surface area contributed by atoms with E-state index in [1.54, 1.807) is 0 Å². The molecule has 3 aromatic rings. The summed E-state index contributed by atoms with van der Waals surface area (Å²) in [6.07, 6.45) is -6.93. The number of piperidine rings is 1. The van der Waals surface area contributed by atoms with E-state index in [9.17, 15) is 44.7 Å². The van der Waals surface area contributed by atoms with Gasteiger partial charge in [-0.2, -0.15) is 18.0 Å². The monoisotopic (exact) mass is 723 g/mol. The van der Waals surface area contributed by atoms with Gasteiger partial charge in [0.2, 0.25) is 5.82 Å². The van der Waals surface area contributed by atoms with E-state index in [1.807, 2.05) is 0 Å². The zero-order valence-electron chi connectivity index (χ0n) is 25.5. The highest BCUT2D eigenvalue weighted by atomic mass is 32.2. The lowest BCUT2D eigenvalue weighted by Gasteiger charge is -2.38. The molecule has 1 aliphatic carbocycles. The maximum absolute atomic E-state index is 13.5. The number of aryl methyl sites for hydroxylation is 1. The molecule has 2 heterocycles. The van der Waals surface area contributed by atoms with Crippen LogP contribution < -0.4 is 9.47 Å². The average Bonchev–Trinajstić information content (AvgIpc) is 3.72. The standard InChI is InChI=1S/C27H30F3N5O6S.C2HF3O2/c28-27(29,30)41-22-6-4-20(5-7-22)24-31-33-35(32-24)14-1-17-40-21-8-10-23(11-9-21)42(38,39)26(25(36)37)12-15-34(16-13-26)18-19-2-3-19;3-2(4,5)1(6)7/h4-11,19H,1-3,12-18H2,(H,36,37);(H,6,7). The Kier molecular flexibility index (Phi) is 11.4. The van der Waals surface area contributed by atoms with Crippen LogP contribution in [0.25, 0.3) is 11.4 Å². The molecule has 1 saturated carbocycles. The number of carboxylic acid groups (broad SMARTS) is 2. The van der Waals surface area contributed by atoms with Gasteiger partial charge in [0.05, 0.1) is 18.0 Å². The number of aliphatic carboxylic acids is 2. The Bertz CT molecular complexity index is 1690. The van der Waals surface area contributed by atoms with Crippen molar-refractivity contribution in [3.05, 3.63) is 48.5 Å². The lowest BCUT2D eigenvalue weighted by Crippen LogP contribution is -2.54. The van der Waals surface area contributed by atoms with Crippen LogP contribution in [0.3, 0.4) is 0 Å². The number of carboxylic acids is 2. The Morgan fingerprint density at radius 3 is 2.00 bits per heavy atom. The largest absolute Gasteiger partial charge is 0.573 e. The van der Waals surface area contributed by atoms with Crippen molar-refractivity contribution >= 4 is 21.8 Å². The minimum absolute atomic E-state index is 0.0471. The summed E-state index contributed by atoms with van der Waals surface area (Å²) in [6.45, 7) is 2.37. The van der Waals surface area contributed by atoms with Crippen LogP contribution >= 0.6 is 0 Å². The van der Waals surface area contributed by atoms with Crippen molar-refractivity contribution in [1.82, 2.24) is 25.1 Å². The molecule has 49 heavy (non-hydrogen) atoms. The molecular weight excluding hydrogens is 692 g/mol. The molecule has 0 unspecified atom stereocenters. The van der Waals surface area contributed by atoms with E-state index < -0.39 is 39.1 Å². The van der Waals surface area contributed by atoms with Gasteiger partial charge in [0, 0.05) is 31.6 Å². The van der Waals surface area contributed by atoms with Crippen LogP contribution in [-0.4, -0.2) is 99.2 Å². The van der Waals surface area contributed by atoms with E-state index in [4.69, 9.17) is 14.6 Å². The number of benzene rings is 2. The van der Waals surface area contributed by atoms with Crippen molar-refractivity contribution in [2.75, 3.05) is 26.2 Å². The third-order valence-electron chi connectivity index (χ3n) is 7.73. The van der Waals surface area contributed by atoms with E-state index in [0.717, 1.165) is 18.7 Å². The lowest BCUT2D eigenvalue weighted by molar-refractivity contribution is -0.274. The van der Waals surface area contributed by atoms with Crippen LogP contribution in [0.15, 0.2) is 53.4 Å². The maximum atomic E-state index is 13.5. The van der Waals surface area contributed by atoms with Crippen LogP contribution in [0.4, 0.5) is 26.3 Å². The number of rotatable bonds is 12. The third-order valence-corrected chi connectivity index (χ3v) is 10.2. The van der Waals surface area contributed by atoms with Gasteiger partial charge in [0.15, 0.2) is 14.6 Å². The number of halogens is 6. The number of sulfone groups is 1. The number of aromatic nitrogens is 4. The number of tetrazole rings is 1. The Morgan fingerprint density at radius 1 is 0.918 bits per heavy atom. The Labute approximate surface area is 275 Å². The van der Waals surface area contributed by atoms with Crippen molar-refractivity contribution in [3.63, 3.8) is 0 Å². The van der Waals surface area contributed by atoms with E-state index >= 15 is 0 Å². The zero-order chi connectivity index (χ0) is 36.0. The molecule has 20 heteroatoms. The fraction of sp³-hybridized carbons (Fsp3) is 0.483. The highest BCUT2D eigenvalue weighted by Crippen LogP contribution is 2.38. The summed E-state index contributed by atoms with van der Waals surface area (Å²) in [5.41, 5.74) is 0.468. The van der Waals surface area contributed by atoms with Crippen molar-refractivity contribution < 1.29 is 64.0 Å². The first-order valence-corrected chi connectivity index (χ1v) is 16.3. The number of nitrogens with zero attached hydrogens (tertiary/aromatic N) is 5. The topological polar surface area (TPSA) is 174 Å². The first-order valence-electron chi connectivity index (χ1n) is 14.8. The summed E-state index contributed by atoms with van der Waals surface area (Å²) in [6, 6.07) is 10.9. The lowest BCUT2D eigenvalue weighted by atomic mass is 9.95. The summed E-state index contributed by atoms with van der Waals surface area (Å²) in [5.74, 6) is -3.12. The molecule has 2 N–H and O–H groups in total. The van der Waals surface area contributed by atoms with Crippen LogP contribution in [0.2, 0.25) is 0 Å². The number of alkyl halides is 6. The van der Waals surface area contributed by atoms with Gasteiger partial charge >= 0.3 is 24.5 Å². The third kappa shape index (κ3) is 10.0. The molecule has 0 atom stereocenters. The molecule has 0 amide bonds. The van der Waals surface area contributed by atoms with Gasteiger partial charge in [-0.3, -0.25) is 4.79 Å². The Balaban J connectivity index is 0.000000698. The predicted octanol–water partition coefficient (Wildman–Crippen LogP) is 4.44. The van der Waals surface area contributed by atoms with E-state index in [0.29, 0.717) is 43.3 Å². The molecule has 2 aromatic carbocycles. The first-order chi connectivity index (χ1) is 22.9. The molecule has 1 aliphatic heterocycles. The second-order valence-electron chi connectivity index (χ2n) is 11.3. The normalized spacial score (nSPS) is 16.7. The molecular formula is C29H31F6N5O8S. The summed E-state index contributed by atoms with van der Waals surface area (Å²) < 4.78 is 103. The number of likely N-dealkylation sites (tertiary alicyclic amines) is 1. The second kappa shape index (κ2) is 15.0. The minimum Gasteiger partial charge on any atom is -0.494 e. The van der Waals surface area contributed by atoms with Gasteiger partial charge in [-0.25, -0.2) is 13.2 Å². The number of hydrogen-bond donors (Lipinski definition) is 2. The second-order valence-corrected chi connectivity index (χ2v) is 13.6.